The molecule has 0 bridgehead atoms. The van der Waals surface area contributed by atoms with Crippen molar-refractivity contribution in [3.05, 3.63) is 40.8 Å². The molecule has 2 rings (SSSR count). The van der Waals surface area contributed by atoms with Gasteiger partial charge in [-0.3, -0.25) is 4.79 Å². The van der Waals surface area contributed by atoms with Crippen LogP contribution in [0.2, 0.25) is 0 Å². The lowest BCUT2D eigenvalue weighted by atomic mass is 10.1. The highest BCUT2D eigenvalue weighted by atomic mass is 16.5. The van der Waals surface area contributed by atoms with Crippen LogP contribution in [0.15, 0.2) is 35.3 Å². The number of β-amino-alcohol motifs (C(OH)–C–C–N with tert-alkyl or cyclic N) is 1. The predicted molar refractivity (Wildman–Crippen MR) is 88.4 cm³/mol. The molecule has 1 aromatic heterocycles. The van der Waals surface area contributed by atoms with Gasteiger partial charge >= 0.3 is 0 Å². The first-order valence-electron chi connectivity index (χ1n) is 7.42. The number of pyridine rings is 1. The number of aliphatic hydroxyl groups is 1. The van der Waals surface area contributed by atoms with Gasteiger partial charge in [0.25, 0.3) is 5.56 Å². The summed E-state index contributed by atoms with van der Waals surface area (Å²) < 4.78 is 7.23. The molecule has 1 aromatic carbocycles. The molecule has 0 aliphatic rings. The Kier molecular flexibility index (Phi) is 4.88. The summed E-state index contributed by atoms with van der Waals surface area (Å²) in [5.74, 6) is 0.604. The van der Waals surface area contributed by atoms with Gasteiger partial charge in [-0.2, -0.15) is 0 Å². The molecular formula is C17H24N2O3. The largest absolute Gasteiger partial charge is 0.489 e. The zero-order valence-electron chi connectivity index (χ0n) is 13.6. The Morgan fingerprint density at radius 1 is 1.27 bits per heavy atom. The van der Waals surface area contributed by atoms with E-state index in [1.165, 1.54) is 4.57 Å². The number of benzene rings is 1. The van der Waals surface area contributed by atoms with E-state index in [1.807, 2.05) is 39.0 Å². The van der Waals surface area contributed by atoms with E-state index in [4.69, 9.17) is 4.74 Å². The first-order chi connectivity index (χ1) is 10.3. The molecule has 1 atom stereocenters. The van der Waals surface area contributed by atoms with Crippen molar-refractivity contribution in [2.75, 3.05) is 13.2 Å². The lowest BCUT2D eigenvalue weighted by Crippen LogP contribution is -2.42. The fraction of sp³-hybridized carbons (Fsp3) is 0.471. The molecule has 0 unspecified atom stereocenters. The standard InChI is InChI=1S/C17H24N2O3/c1-17(2,3)18-9-12(20)11-22-15-10-19(4)16(21)14-8-6-5-7-13(14)15/h5-8,10,12,18,20H,9,11H2,1-4H3/t12-/m1/s1. The number of aliphatic hydroxyl groups excluding tert-OH is 1. The summed E-state index contributed by atoms with van der Waals surface area (Å²) >= 11 is 0. The van der Waals surface area contributed by atoms with Gasteiger partial charge in [0, 0.05) is 30.7 Å². The van der Waals surface area contributed by atoms with Crippen LogP contribution in [0.4, 0.5) is 0 Å². The number of ether oxygens (including phenoxy) is 1. The Bertz CT molecular complexity index is 701. The van der Waals surface area contributed by atoms with Crippen molar-refractivity contribution in [1.29, 1.82) is 0 Å². The van der Waals surface area contributed by atoms with Gasteiger partial charge in [0.05, 0.1) is 5.39 Å². The molecule has 120 valence electrons. The zero-order valence-corrected chi connectivity index (χ0v) is 13.6. The van der Waals surface area contributed by atoms with Crippen LogP contribution in [-0.2, 0) is 7.05 Å². The third-order valence-corrected chi connectivity index (χ3v) is 3.35. The minimum Gasteiger partial charge on any atom is -0.489 e. The number of nitrogens with one attached hydrogen (secondary N) is 1. The van der Waals surface area contributed by atoms with E-state index in [0.29, 0.717) is 17.7 Å². The number of hydrogen-bond acceptors (Lipinski definition) is 4. The molecule has 5 heteroatoms. The maximum atomic E-state index is 12.1. The van der Waals surface area contributed by atoms with Crippen molar-refractivity contribution < 1.29 is 9.84 Å². The van der Waals surface area contributed by atoms with Crippen LogP contribution >= 0.6 is 0 Å². The molecule has 0 saturated heterocycles. The first-order valence-corrected chi connectivity index (χ1v) is 7.42. The highest BCUT2D eigenvalue weighted by Gasteiger charge is 2.14. The maximum absolute atomic E-state index is 12.1. The Morgan fingerprint density at radius 2 is 1.91 bits per heavy atom. The van der Waals surface area contributed by atoms with Crippen molar-refractivity contribution >= 4 is 10.8 Å². The average Bonchev–Trinajstić information content (AvgIpc) is 2.47. The monoisotopic (exact) mass is 304 g/mol. The third kappa shape index (κ3) is 4.08. The van der Waals surface area contributed by atoms with Gasteiger partial charge in [-0.05, 0) is 26.8 Å². The number of aromatic nitrogens is 1. The predicted octanol–water partition coefficient (Wildman–Crippen LogP) is 1.67. The highest BCUT2D eigenvalue weighted by Crippen LogP contribution is 2.22. The number of fused-ring (bicyclic) bond motifs is 1. The number of aryl methyl sites for hydroxylation is 1. The van der Waals surface area contributed by atoms with Crippen LogP contribution in [0.1, 0.15) is 20.8 Å². The minimum atomic E-state index is -0.616. The zero-order chi connectivity index (χ0) is 16.3. The third-order valence-electron chi connectivity index (χ3n) is 3.35. The molecule has 2 N–H and O–H groups in total. The highest BCUT2D eigenvalue weighted by molar-refractivity contribution is 5.87. The molecule has 0 saturated carbocycles. The summed E-state index contributed by atoms with van der Waals surface area (Å²) in [5.41, 5.74) is -0.109. The van der Waals surface area contributed by atoms with Crippen LogP contribution in [-0.4, -0.2) is 34.5 Å². The van der Waals surface area contributed by atoms with Crippen molar-refractivity contribution in [2.24, 2.45) is 7.05 Å². The summed E-state index contributed by atoms with van der Waals surface area (Å²) in [7, 11) is 1.69. The number of rotatable bonds is 5. The van der Waals surface area contributed by atoms with E-state index >= 15 is 0 Å². The summed E-state index contributed by atoms with van der Waals surface area (Å²) in [6.45, 7) is 6.75. The van der Waals surface area contributed by atoms with E-state index in [-0.39, 0.29) is 17.7 Å². The molecule has 2 aromatic rings. The Hall–Kier alpha value is -1.85. The van der Waals surface area contributed by atoms with Crippen molar-refractivity contribution in [1.82, 2.24) is 9.88 Å². The molecule has 0 amide bonds. The SMILES string of the molecule is Cn1cc(OC[C@H](O)CNC(C)(C)C)c2ccccc2c1=O. The second kappa shape index (κ2) is 6.50. The van der Waals surface area contributed by atoms with Crippen molar-refractivity contribution in [3.63, 3.8) is 0 Å². The molecule has 1 heterocycles. The quantitative estimate of drug-likeness (QED) is 0.882. The molecule has 0 fully saturated rings. The molecule has 0 aliphatic carbocycles. The molecular weight excluding hydrogens is 280 g/mol. The molecule has 0 radical (unpaired) electrons. The van der Waals surface area contributed by atoms with Gasteiger partial charge in [0.2, 0.25) is 0 Å². The summed E-state index contributed by atoms with van der Waals surface area (Å²) in [5, 5.41) is 14.6. The van der Waals surface area contributed by atoms with Gasteiger partial charge in [-0.25, -0.2) is 0 Å². The van der Waals surface area contributed by atoms with E-state index in [2.05, 4.69) is 5.32 Å². The van der Waals surface area contributed by atoms with Crippen LogP contribution in [0, 0.1) is 0 Å². The second-order valence-corrected chi connectivity index (χ2v) is 6.55. The summed E-state index contributed by atoms with van der Waals surface area (Å²) in [6.07, 6.45) is 1.05. The van der Waals surface area contributed by atoms with E-state index < -0.39 is 6.10 Å². The van der Waals surface area contributed by atoms with E-state index in [0.717, 1.165) is 5.39 Å². The Balaban J connectivity index is 2.12. The Morgan fingerprint density at radius 3 is 2.55 bits per heavy atom. The van der Waals surface area contributed by atoms with Gasteiger partial charge < -0.3 is 19.7 Å². The summed E-state index contributed by atoms with van der Waals surface area (Å²) in [6, 6.07) is 7.33. The van der Waals surface area contributed by atoms with E-state index in [1.54, 1.807) is 19.3 Å². The molecule has 0 spiro atoms. The first kappa shape index (κ1) is 16.5. The normalized spacial score (nSPS) is 13.3. The van der Waals surface area contributed by atoms with Gasteiger partial charge in [-0.15, -0.1) is 0 Å². The second-order valence-electron chi connectivity index (χ2n) is 6.55. The lowest BCUT2D eigenvalue weighted by molar-refractivity contribution is 0.100. The van der Waals surface area contributed by atoms with Gasteiger partial charge in [0.1, 0.15) is 18.5 Å². The maximum Gasteiger partial charge on any atom is 0.258 e. The average molecular weight is 304 g/mol. The number of hydrogen-bond donors (Lipinski definition) is 2. The summed E-state index contributed by atoms with van der Waals surface area (Å²) in [4.78, 5) is 12.1. The van der Waals surface area contributed by atoms with Crippen LogP contribution < -0.4 is 15.6 Å². The fourth-order valence-electron chi connectivity index (χ4n) is 2.16. The van der Waals surface area contributed by atoms with Gasteiger partial charge in [0.15, 0.2) is 0 Å². The van der Waals surface area contributed by atoms with Crippen molar-refractivity contribution in [3.8, 4) is 5.75 Å². The fourth-order valence-corrected chi connectivity index (χ4v) is 2.16. The minimum absolute atomic E-state index is 0.0513. The van der Waals surface area contributed by atoms with Gasteiger partial charge in [-0.1, -0.05) is 18.2 Å². The van der Waals surface area contributed by atoms with Crippen LogP contribution in [0.5, 0.6) is 5.75 Å². The Labute approximate surface area is 130 Å². The molecule has 22 heavy (non-hydrogen) atoms. The molecule has 0 aliphatic heterocycles. The lowest BCUT2D eigenvalue weighted by Gasteiger charge is -2.23. The number of nitrogens with zero attached hydrogens (tertiary/aromatic N) is 1. The van der Waals surface area contributed by atoms with Crippen LogP contribution in [0.3, 0.4) is 0 Å². The molecule has 5 nitrogen and oxygen atoms in total. The smallest absolute Gasteiger partial charge is 0.258 e. The topological polar surface area (TPSA) is 63.5 Å². The van der Waals surface area contributed by atoms with Crippen molar-refractivity contribution in [2.45, 2.75) is 32.4 Å². The van der Waals surface area contributed by atoms with Crippen LogP contribution in [0.25, 0.3) is 10.8 Å². The van der Waals surface area contributed by atoms with E-state index in [9.17, 15) is 9.90 Å².